The van der Waals surface area contributed by atoms with Crippen molar-refractivity contribution in [2.75, 3.05) is 13.1 Å². The number of likely N-dealkylation sites (tertiary alicyclic amines) is 1. The molecule has 1 aromatic rings. The number of piperidine rings is 1. The first kappa shape index (κ1) is 17.9. The summed E-state index contributed by atoms with van der Waals surface area (Å²) >= 11 is 12.4. The van der Waals surface area contributed by atoms with Gasteiger partial charge in [0, 0.05) is 31.5 Å². The summed E-state index contributed by atoms with van der Waals surface area (Å²) in [7, 11) is 0. The van der Waals surface area contributed by atoms with Crippen LogP contribution in [0.4, 0.5) is 4.79 Å². The Balaban J connectivity index is 1.48. The van der Waals surface area contributed by atoms with Crippen LogP contribution in [0.2, 0.25) is 10.0 Å². The maximum Gasteiger partial charge on any atom is 0.318 e. The summed E-state index contributed by atoms with van der Waals surface area (Å²) in [6.45, 7) is 1.43. The van der Waals surface area contributed by atoms with E-state index in [1.54, 1.807) is 6.07 Å². The van der Waals surface area contributed by atoms with Crippen molar-refractivity contribution in [3.63, 3.8) is 0 Å². The van der Waals surface area contributed by atoms with Crippen molar-refractivity contribution in [1.82, 2.24) is 15.5 Å². The van der Waals surface area contributed by atoms with Gasteiger partial charge in [0.15, 0.2) is 0 Å². The third-order valence-corrected chi connectivity index (χ3v) is 6.80. The average Bonchev–Trinajstić information content (AvgIpc) is 3.25. The number of hydrogen-bond donors (Lipinski definition) is 2. The molecule has 0 radical (unpaired) electrons. The van der Waals surface area contributed by atoms with Crippen LogP contribution in [0.25, 0.3) is 0 Å². The van der Waals surface area contributed by atoms with E-state index in [1.807, 2.05) is 11.0 Å². The summed E-state index contributed by atoms with van der Waals surface area (Å²) in [5.41, 5.74) is 2.12. The number of benzene rings is 1. The van der Waals surface area contributed by atoms with Gasteiger partial charge < -0.3 is 15.5 Å². The summed E-state index contributed by atoms with van der Waals surface area (Å²) in [4.78, 5) is 26.6. The van der Waals surface area contributed by atoms with Crippen LogP contribution in [0.5, 0.6) is 0 Å². The number of fused-ring (bicyclic) bond motifs is 1. The number of hydrogen-bond acceptors (Lipinski definition) is 2. The summed E-state index contributed by atoms with van der Waals surface area (Å²) in [6, 6.07) is 3.84. The highest BCUT2D eigenvalue weighted by Crippen LogP contribution is 2.39. The Labute approximate surface area is 163 Å². The summed E-state index contributed by atoms with van der Waals surface area (Å²) in [5.74, 6) is 0.315. The minimum Gasteiger partial charge on any atom is -0.356 e. The summed E-state index contributed by atoms with van der Waals surface area (Å²) in [6.07, 6.45) is 5.28. The predicted octanol–water partition coefficient (Wildman–Crippen LogP) is 3.68. The topological polar surface area (TPSA) is 61.4 Å². The lowest BCUT2D eigenvalue weighted by atomic mass is 9.89. The summed E-state index contributed by atoms with van der Waals surface area (Å²) in [5, 5.41) is 7.26. The lowest BCUT2D eigenvalue weighted by Gasteiger charge is -2.39. The number of amides is 3. The van der Waals surface area contributed by atoms with Crippen LogP contribution in [0.1, 0.15) is 49.3 Å². The molecule has 3 unspecified atom stereocenters. The van der Waals surface area contributed by atoms with Gasteiger partial charge in [-0.25, -0.2) is 4.79 Å². The average molecular weight is 396 g/mol. The lowest BCUT2D eigenvalue weighted by Crippen LogP contribution is -2.52. The molecule has 2 N–H and O–H groups in total. The molecular weight excluding hydrogens is 373 g/mol. The molecule has 0 saturated carbocycles. The number of carbonyl (C=O) groups is 2. The zero-order valence-corrected chi connectivity index (χ0v) is 16.1. The maximum atomic E-state index is 13.0. The van der Waals surface area contributed by atoms with Gasteiger partial charge in [0.1, 0.15) is 0 Å². The number of rotatable bonds is 2. The molecule has 2 fully saturated rings. The monoisotopic (exact) mass is 395 g/mol. The first-order chi connectivity index (χ1) is 12.5. The molecule has 2 saturated heterocycles. The van der Waals surface area contributed by atoms with Gasteiger partial charge in [0.05, 0.1) is 16.1 Å². The van der Waals surface area contributed by atoms with E-state index in [-0.39, 0.29) is 29.9 Å². The van der Waals surface area contributed by atoms with E-state index in [1.165, 1.54) is 0 Å². The fraction of sp³-hybridized carbons (Fsp3) is 0.579. The molecule has 2 aliphatic heterocycles. The molecule has 0 spiro atoms. The SMILES string of the molecule is O=C1CC(C2CCCCN2C(=O)NC2CCc3c2ccc(Cl)c3Cl)CN1. The van der Waals surface area contributed by atoms with E-state index in [0.717, 1.165) is 49.8 Å². The highest BCUT2D eigenvalue weighted by Gasteiger charge is 2.38. The Morgan fingerprint density at radius 3 is 2.85 bits per heavy atom. The van der Waals surface area contributed by atoms with E-state index in [0.29, 0.717) is 23.0 Å². The van der Waals surface area contributed by atoms with E-state index in [2.05, 4.69) is 10.6 Å². The first-order valence-electron chi connectivity index (χ1n) is 9.35. The van der Waals surface area contributed by atoms with Crippen LogP contribution in [-0.2, 0) is 11.2 Å². The van der Waals surface area contributed by atoms with Gasteiger partial charge in [0.25, 0.3) is 0 Å². The molecule has 3 amide bonds. The Morgan fingerprint density at radius 2 is 2.08 bits per heavy atom. The number of nitrogens with zero attached hydrogens (tertiary/aromatic N) is 1. The predicted molar refractivity (Wildman–Crippen MR) is 102 cm³/mol. The van der Waals surface area contributed by atoms with Crippen molar-refractivity contribution >= 4 is 35.1 Å². The van der Waals surface area contributed by atoms with Gasteiger partial charge in [-0.3, -0.25) is 4.79 Å². The van der Waals surface area contributed by atoms with Gasteiger partial charge in [-0.2, -0.15) is 0 Å². The van der Waals surface area contributed by atoms with Crippen molar-refractivity contribution in [2.45, 2.75) is 50.6 Å². The van der Waals surface area contributed by atoms with Gasteiger partial charge in [-0.15, -0.1) is 0 Å². The molecular formula is C19H23Cl2N3O2. The highest BCUT2D eigenvalue weighted by molar-refractivity contribution is 6.42. The van der Waals surface area contributed by atoms with Gasteiger partial charge in [0.2, 0.25) is 5.91 Å². The van der Waals surface area contributed by atoms with E-state index in [9.17, 15) is 9.59 Å². The molecule has 5 nitrogen and oxygen atoms in total. The van der Waals surface area contributed by atoms with Gasteiger partial charge >= 0.3 is 6.03 Å². The minimum absolute atomic E-state index is 0.0295. The van der Waals surface area contributed by atoms with E-state index < -0.39 is 0 Å². The fourth-order valence-corrected chi connectivity index (χ4v) is 5.06. The third kappa shape index (κ3) is 3.27. The second-order valence-corrected chi connectivity index (χ2v) is 8.28. The lowest BCUT2D eigenvalue weighted by molar-refractivity contribution is -0.119. The Bertz CT molecular complexity index is 740. The van der Waals surface area contributed by atoms with Crippen LogP contribution in [0.15, 0.2) is 12.1 Å². The van der Waals surface area contributed by atoms with Crippen molar-refractivity contribution in [3.8, 4) is 0 Å². The van der Waals surface area contributed by atoms with Gasteiger partial charge in [-0.1, -0.05) is 29.3 Å². The van der Waals surface area contributed by atoms with Crippen molar-refractivity contribution in [1.29, 1.82) is 0 Å². The van der Waals surface area contributed by atoms with Crippen LogP contribution in [-0.4, -0.2) is 36.0 Å². The number of halogens is 2. The summed E-state index contributed by atoms with van der Waals surface area (Å²) < 4.78 is 0. The Hall–Kier alpha value is -1.46. The molecule has 4 rings (SSSR count). The second kappa shape index (κ2) is 7.28. The Kier molecular flexibility index (Phi) is 5.02. The molecule has 1 aromatic carbocycles. The molecule has 1 aliphatic carbocycles. The fourth-order valence-electron chi connectivity index (χ4n) is 4.61. The smallest absolute Gasteiger partial charge is 0.318 e. The standard InChI is InChI=1S/C19H23Cl2N3O2/c20-14-6-4-12-13(18(14)21)5-7-15(12)23-19(26)24-8-2-1-3-16(24)11-9-17(25)22-10-11/h4,6,11,15-16H,1-3,5,7-10H2,(H,22,25)(H,23,26). The molecule has 3 aliphatic rings. The van der Waals surface area contributed by atoms with Crippen LogP contribution >= 0.6 is 23.2 Å². The van der Waals surface area contributed by atoms with Crippen LogP contribution in [0, 0.1) is 5.92 Å². The van der Waals surface area contributed by atoms with E-state index in [4.69, 9.17) is 23.2 Å². The number of carbonyl (C=O) groups excluding carboxylic acids is 2. The zero-order chi connectivity index (χ0) is 18.3. The normalized spacial score (nSPS) is 28.0. The van der Waals surface area contributed by atoms with Crippen LogP contribution < -0.4 is 10.6 Å². The highest BCUT2D eigenvalue weighted by atomic mass is 35.5. The van der Waals surface area contributed by atoms with E-state index >= 15 is 0 Å². The van der Waals surface area contributed by atoms with Crippen molar-refractivity contribution in [2.24, 2.45) is 5.92 Å². The first-order valence-corrected chi connectivity index (χ1v) is 10.1. The molecule has 3 atom stereocenters. The molecule has 0 aromatic heterocycles. The Morgan fingerprint density at radius 1 is 1.23 bits per heavy atom. The minimum atomic E-state index is -0.0297. The molecule has 0 bridgehead atoms. The second-order valence-electron chi connectivity index (χ2n) is 7.49. The van der Waals surface area contributed by atoms with Gasteiger partial charge in [-0.05, 0) is 49.3 Å². The quantitative estimate of drug-likeness (QED) is 0.801. The van der Waals surface area contributed by atoms with Crippen molar-refractivity contribution < 1.29 is 9.59 Å². The molecule has 140 valence electrons. The third-order valence-electron chi connectivity index (χ3n) is 5.95. The number of urea groups is 1. The molecule has 7 heteroatoms. The van der Waals surface area contributed by atoms with Crippen molar-refractivity contribution in [3.05, 3.63) is 33.3 Å². The largest absolute Gasteiger partial charge is 0.356 e. The number of nitrogens with one attached hydrogen (secondary N) is 2. The zero-order valence-electron chi connectivity index (χ0n) is 14.6. The molecule has 26 heavy (non-hydrogen) atoms. The van der Waals surface area contributed by atoms with Crippen LogP contribution in [0.3, 0.4) is 0 Å². The maximum absolute atomic E-state index is 13.0. The molecule has 2 heterocycles.